The lowest BCUT2D eigenvalue weighted by atomic mass is 9.67. The third kappa shape index (κ3) is 1.87. The molecule has 3 atom stereocenters. The maximum atomic E-state index is 11.1. The lowest BCUT2D eigenvalue weighted by molar-refractivity contribution is -0.123. The molecule has 2 aliphatic rings. The van der Waals surface area contributed by atoms with E-state index in [1.807, 2.05) is 0 Å². The lowest BCUT2D eigenvalue weighted by Gasteiger charge is -2.38. The zero-order valence-corrected chi connectivity index (χ0v) is 8.17. The van der Waals surface area contributed by atoms with Crippen LogP contribution in [0.25, 0.3) is 0 Å². The molecule has 1 amide bonds. The molecule has 2 heteroatoms. The SMILES string of the molecule is NC(=O)C1CC[C@H]2CCCC[C@@H]2C1. The molecule has 0 aromatic heterocycles. The van der Waals surface area contributed by atoms with E-state index in [4.69, 9.17) is 5.73 Å². The largest absolute Gasteiger partial charge is 0.369 e. The van der Waals surface area contributed by atoms with Gasteiger partial charge in [0.15, 0.2) is 0 Å². The Morgan fingerprint density at radius 1 is 1.00 bits per heavy atom. The minimum absolute atomic E-state index is 0.0657. The quantitative estimate of drug-likeness (QED) is 0.661. The Kier molecular flexibility index (Phi) is 2.56. The van der Waals surface area contributed by atoms with E-state index in [2.05, 4.69) is 0 Å². The first kappa shape index (κ1) is 9.04. The molecule has 2 saturated carbocycles. The fourth-order valence-corrected chi connectivity index (χ4v) is 3.13. The van der Waals surface area contributed by atoms with Crippen molar-refractivity contribution >= 4 is 5.91 Å². The number of carbonyl (C=O) groups excluding carboxylic acids is 1. The zero-order chi connectivity index (χ0) is 9.26. The van der Waals surface area contributed by atoms with Crippen LogP contribution in [0, 0.1) is 17.8 Å². The molecule has 2 aliphatic carbocycles. The van der Waals surface area contributed by atoms with E-state index in [0.29, 0.717) is 0 Å². The molecule has 0 radical (unpaired) electrons. The molecule has 1 unspecified atom stereocenters. The lowest BCUT2D eigenvalue weighted by Crippen LogP contribution is -2.34. The van der Waals surface area contributed by atoms with Crippen molar-refractivity contribution in [3.05, 3.63) is 0 Å². The first-order chi connectivity index (χ1) is 6.27. The number of primary amides is 1. The highest BCUT2D eigenvalue weighted by atomic mass is 16.1. The van der Waals surface area contributed by atoms with Crippen molar-refractivity contribution in [1.82, 2.24) is 0 Å². The van der Waals surface area contributed by atoms with Crippen LogP contribution in [0.1, 0.15) is 44.9 Å². The predicted molar refractivity (Wildman–Crippen MR) is 52.0 cm³/mol. The Labute approximate surface area is 79.9 Å². The summed E-state index contributed by atoms with van der Waals surface area (Å²) in [7, 11) is 0. The molecule has 0 aliphatic heterocycles. The van der Waals surface area contributed by atoms with Crippen molar-refractivity contribution < 1.29 is 4.79 Å². The van der Waals surface area contributed by atoms with Gasteiger partial charge < -0.3 is 5.73 Å². The highest BCUT2D eigenvalue weighted by Gasteiger charge is 2.33. The van der Waals surface area contributed by atoms with Crippen LogP contribution in [0.3, 0.4) is 0 Å². The topological polar surface area (TPSA) is 43.1 Å². The number of rotatable bonds is 1. The van der Waals surface area contributed by atoms with Crippen molar-refractivity contribution in [3.8, 4) is 0 Å². The van der Waals surface area contributed by atoms with Crippen molar-refractivity contribution in [2.75, 3.05) is 0 Å². The fraction of sp³-hybridized carbons (Fsp3) is 0.909. The second kappa shape index (κ2) is 3.69. The van der Waals surface area contributed by atoms with Gasteiger partial charge in [0.1, 0.15) is 0 Å². The molecule has 2 nitrogen and oxygen atoms in total. The smallest absolute Gasteiger partial charge is 0.220 e. The van der Waals surface area contributed by atoms with Gasteiger partial charge >= 0.3 is 0 Å². The number of nitrogens with two attached hydrogens (primary N) is 1. The molecule has 0 aromatic rings. The zero-order valence-electron chi connectivity index (χ0n) is 8.17. The summed E-state index contributed by atoms with van der Waals surface area (Å²) in [6.45, 7) is 0. The van der Waals surface area contributed by atoms with Crippen molar-refractivity contribution in [3.63, 3.8) is 0 Å². The molecule has 2 N–H and O–H groups in total. The van der Waals surface area contributed by atoms with Crippen LogP contribution in [-0.2, 0) is 4.79 Å². The maximum absolute atomic E-state index is 11.1. The molecule has 0 heterocycles. The summed E-state index contributed by atoms with van der Waals surface area (Å²) in [4.78, 5) is 11.1. The summed E-state index contributed by atoms with van der Waals surface area (Å²) in [5, 5.41) is 0. The van der Waals surface area contributed by atoms with Gasteiger partial charge in [0.25, 0.3) is 0 Å². The summed E-state index contributed by atoms with van der Waals surface area (Å²) in [6, 6.07) is 0. The fourth-order valence-electron chi connectivity index (χ4n) is 3.13. The van der Waals surface area contributed by atoms with Crippen LogP contribution < -0.4 is 5.73 Å². The summed E-state index contributed by atoms with van der Waals surface area (Å²) in [6.07, 6.45) is 8.90. The molecule has 0 spiro atoms. The van der Waals surface area contributed by atoms with E-state index in [9.17, 15) is 4.79 Å². The molecular weight excluding hydrogens is 162 g/mol. The van der Waals surface area contributed by atoms with Gasteiger partial charge in [0, 0.05) is 5.92 Å². The first-order valence-electron chi connectivity index (χ1n) is 5.56. The maximum Gasteiger partial charge on any atom is 0.220 e. The van der Waals surface area contributed by atoms with Crippen molar-refractivity contribution in [2.24, 2.45) is 23.5 Å². The van der Waals surface area contributed by atoms with Gasteiger partial charge in [-0.3, -0.25) is 4.79 Å². The van der Waals surface area contributed by atoms with E-state index < -0.39 is 0 Å². The van der Waals surface area contributed by atoms with Gasteiger partial charge in [0.2, 0.25) is 5.91 Å². The minimum Gasteiger partial charge on any atom is -0.369 e. The van der Waals surface area contributed by atoms with Crippen LogP contribution in [0.4, 0.5) is 0 Å². The second-order valence-electron chi connectivity index (χ2n) is 4.72. The van der Waals surface area contributed by atoms with Gasteiger partial charge in [-0.05, 0) is 31.1 Å². The number of hydrogen-bond acceptors (Lipinski definition) is 1. The van der Waals surface area contributed by atoms with Gasteiger partial charge in [-0.2, -0.15) is 0 Å². The van der Waals surface area contributed by atoms with Gasteiger partial charge in [0.05, 0.1) is 0 Å². The van der Waals surface area contributed by atoms with Gasteiger partial charge in [-0.15, -0.1) is 0 Å². The first-order valence-corrected chi connectivity index (χ1v) is 5.56. The molecule has 74 valence electrons. The number of amides is 1. The molecule has 2 fully saturated rings. The molecule has 13 heavy (non-hydrogen) atoms. The highest BCUT2D eigenvalue weighted by molar-refractivity contribution is 5.76. The summed E-state index contributed by atoms with van der Waals surface area (Å²) in [5.41, 5.74) is 5.35. The average Bonchev–Trinajstić information content (AvgIpc) is 2.17. The van der Waals surface area contributed by atoms with Crippen LogP contribution >= 0.6 is 0 Å². The number of fused-ring (bicyclic) bond motifs is 1. The summed E-state index contributed by atoms with van der Waals surface area (Å²) >= 11 is 0. The van der Waals surface area contributed by atoms with Gasteiger partial charge in [-0.1, -0.05) is 25.7 Å². The monoisotopic (exact) mass is 181 g/mol. The van der Waals surface area contributed by atoms with E-state index in [1.54, 1.807) is 0 Å². The number of carbonyl (C=O) groups is 1. The third-order valence-corrected chi connectivity index (χ3v) is 3.94. The second-order valence-corrected chi connectivity index (χ2v) is 4.72. The van der Waals surface area contributed by atoms with Crippen LogP contribution in [0.5, 0.6) is 0 Å². The molecule has 2 rings (SSSR count). The van der Waals surface area contributed by atoms with Crippen molar-refractivity contribution in [2.45, 2.75) is 44.9 Å². The standard InChI is InChI=1S/C11H19NO/c12-11(13)10-6-5-8-3-1-2-4-9(8)7-10/h8-10H,1-7H2,(H2,12,13)/t8-,9-,10?/m1/s1. The van der Waals surface area contributed by atoms with E-state index in [0.717, 1.165) is 24.7 Å². The Morgan fingerprint density at radius 2 is 1.69 bits per heavy atom. The molecular formula is C11H19NO. The predicted octanol–water partition coefficient (Wildman–Crippen LogP) is 2.08. The Morgan fingerprint density at radius 3 is 2.38 bits per heavy atom. The Bertz CT molecular complexity index is 202. The Balaban J connectivity index is 1.95. The Hall–Kier alpha value is -0.530. The van der Waals surface area contributed by atoms with Crippen molar-refractivity contribution in [1.29, 1.82) is 0 Å². The highest BCUT2D eigenvalue weighted by Crippen LogP contribution is 2.42. The van der Waals surface area contributed by atoms with E-state index in [-0.39, 0.29) is 11.8 Å². The molecule has 0 bridgehead atoms. The summed E-state index contributed by atoms with van der Waals surface area (Å²) < 4.78 is 0. The van der Waals surface area contributed by atoms with Crippen LogP contribution in [0.15, 0.2) is 0 Å². The number of hydrogen-bond donors (Lipinski definition) is 1. The van der Waals surface area contributed by atoms with Gasteiger partial charge in [-0.25, -0.2) is 0 Å². The van der Waals surface area contributed by atoms with E-state index >= 15 is 0 Å². The minimum atomic E-state index is -0.0657. The third-order valence-electron chi connectivity index (χ3n) is 3.94. The van der Waals surface area contributed by atoms with Crippen LogP contribution in [-0.4, -0.2) is 5.91 Å². The summed E-state index contributed by atoms with van der Waals surface area (Å²) in [5.74, 6) is 1.87. The average molecular weight is 181 g/mol. The molecule has 0 saturated heterocycles. The van der Waals surface area contributed by atoms with Crippen LogP contribution in [0.2, 0.25) is 0 Å². The normalized spacial score (nSPS) is 39.5. The van der Waals surface area contributed by atoms with E-state index in [1.165, 1.54) is 32.1 Å². The molecule has 0 aromatic carbocycles.